The van der Waals surface area contributed by atoms with Gasteiger partial charge < -0.3 is 9.84 Å². The molecule has 0 radical (unpaired) electrons. The minimum Gasteiger partial charge on any atom is -0.509 e. The van der Waals surface area contributed by atoms with Crippen molar-refractivity contribution in [2.75, 3.05) is 6.61 Å². The summed E-state index contributed by atoms with van der Waals surface area (Å²) in [6, 6.07) is 4.34. The van der Waals surface area contributed by atoms with Gasteiger partial charge in [0.1, 0.15) is 11.7 Å². The predicted molar refractivity (Wildman–Crippen MR) is 95.5 cm³/mol. The monoisotopic (exact) mass is 375 g/mol. The van der Waals surface area contributed by atoms with Crippen LogP contribution in [0.1, 0.15) is 32.8 Å². The average Bonchev–Trinajstić information content (AvgIpc) is 2.54. The Morgan fingerprint density at radius 3 is 2.67 bits per heavy atom. The van der Waals surface area contributed by atoms with Gasteiger partial charge in [0, 0.05) is 12.5 Å². The fourth-order valence-electron chi connectivity index (χ4n) is 2.98. The van der Waals surface area contributed by atoms with Crippen LogP contribution in [0.5, 0.6) is 0 Å². The zero-order valence-corrected chi connectivity index (χ0v) is 15.6. The van der Waals surface area contributed by atoms with Crippen molar-refractivity contribution in [2.24, 2.45) is 21.6 Å². The first-order chi connectivity index (χ1) is 12.6. The van der Waals surface area contributed by atoms with E-state index >= 15 is 0 Å². The molecular weight excluding hydrogens is 354 g/mol. The maximum absolute atomic E-state index is 12.4. The molecule has 1 aromatic rings. The summed E-state index contributed by atoms with van der Waals surface area (Å²) in [7, 11) is 0. The first-order valence-corrected chi connectivity index (χ1v) is 8.38. The van der Waals surface area contributed by atoms with E-state index in [2.05, 4.69) is 10.2 Å². The molecule has 144 valence electrons. The van der Waals surface area contributed by atoms with Crippen molar-refractivity contribution < 1.29 is 24.4 Å². The molecule has 0 amide bonds. The van der Waals surface area contributed by atoms with E-state index in [0.29, 0.717) is 5.56 Å². The van der Waals surface area contributed by atoms with Crippen LogP contribution >= 0.6 is 0 Å². The first-order valence-electron chi connectivity index (χ1n) is 8.38. The number of nitrogens with zero attached hydrogens (tertiary/aromatic N) is 3. The number of rotatable bonds is 5. The molecule has 1 atom stereocenters. The Labute approximate surface area is 155 Å². The van der Waals surface area contributed by atoms with Crippen molar-refractivity contribution >= 4 is 23.1 Å². The number of carbonyl (C=O) groups is 2. The molecule has 0 saturated carbocycles. The van der Waals surface area contributed by atoms with Crippen molar-refractivity contribution in [3.05, 3.63) is 45.3 Å². The van der Waals surface area contributed by atoms with Gasteiger partial charge in [0.05, 0.1) is 11.5 Å². The quantitative estimate of drug-likeness (QED) is 0.359. The smallest absolute Gasteiger partial charge is 0.317 e. The Morgan fingerprint density at radius 2 is 2.07 bits per heavy atom. The molecule has 0 fully saturated rings. The minimum atomic E-state index is -1.07. The second-order valence-corrected chi connectivity index (χ2v) is 6.96. The van der Waals surface area contributed by atoms with Crippen molar-refractivity contribution in [3.8, 4) is 0 Å². The van der Waals surface area contributed by atoms with Crippen LogP contribution < -0.4 is 0 Å². The fraction of sp³-hybridized carbons (Fsp3) is 0.444. The summed E-state index contributed by atoms with van der Waals surface area (Å²) in [5.41, 5.74) is -0.911. The zero-order chi connectivity index (χ0) is 20.4. The van der Waals surface area contributed by atoms with E-state index < -0.39 is 33.8 Å². The second-order valence-electron chi connectivity index (χ2n) is 6.96. The lowest BCUT2D eigenvalue weighted by atomic mass is 9.70. The number of allylic oxidation sites excluding steroid dienone is 1. The summed E-state index contributed by atoms with van der Waals surface area (Å²) in [6.45, 7) is 6.79. The molecule has 1 aliphatic rings. The Kier molecular flexibility index (Phi) is 5.72. The van der Waals surface area contributed by atoms with Gasteiger partial charge in [0.25, 0.3) is 5.69 Å². The summed E-state index contributed by atoms with van der Waals surface area (Å²) in [4.78, 5) is 35.2. The largest absolute Gasteiger partial charge is 0.509 e. The van der Waals surface area contributed by atoms with E-state index in [0.717, 1.165) is 0 Å². The number of ketones is 1. The van der Waals surface area contributed by atoms with Crippen LogP contribution in [0.4, 0.5) is 11.4 Å². The number of esters is 1. The molecule has 0 saturated heterocycles. The van der Waals surface area contributed by atoms with E-state index in [1.807, 2.05) is 0 Å². The molecular formula is C18H21N3O6. The minimum absolute atomic E-state index is 0.0507. The topological polar surface area (TPSA) is 131 Å². The highest BCUT2D eigenvalue weighted by Gasteiger charge is 2.47. The third kappa shape index (κ3) is 4.18. The normalized spacial score (nSPS) is 19.4. The van der Waals surface area contributed by atoms with Crippen molar-refractivity contribution in [2.45, 2.75) is 34.1 Å². The van der Waals surface area contributed by atoms with Crippen LogP contribution in [0.25, 0.3) is 0 Å². The number of carbonyl (C=O) groups excluding carboxylic acids is 2. The molecule has 0 heterocycles. The number of benzene rings is 1. The third-order valence-corrected chi connectivity index (χ3v) is 4.29. The van der Waals surface area contributed by atoms with Gasteiger partial charge in [0.15, 0.2) is 17.2 Å². The molecule has 0 spiro atoms. The number of aryl methyl sites for hydroxylation is 1. The summed E-state index contributed by atoms with van der Waals surface area (Å²) in [5.74, 6) is -2.77. The number of nitro benzene ring substituents is 1. The Morgan fingerprint density at radius 1 is 1.41 bits per heavy atom. The predicted octanol–water partition coefficient (Wildman–Crippen LogP) is 3.93. The molecule has 2 rings (SSSR count). The van der Waals surface area contributed by atoms with E-state index in [-0.39, 0.29) is 30.1 Å². The van der Waals surface area contributed by atoms with Gasteiger partial charge in [-0.3, -0.25) is 19.7 Å². The highest BCUT2D eigenvalue weighted by atomic mass is 16.6. The lowest BCUT2D eigenvalue weighted by Crippen LogP contribution is -2.40. The highest BCUT2D eigenvalue weighted by Crippen LogP contribution is 2.43. The molecule has 9 nitrogen and oxygen atoms in total. The number of aliphatic hydroxyl groups excluding tert-OH is 1. The van der Waals surface area contributed by atoms with Crippen LogP contribution in [0.2, 0.25) is 0 Å². The van der Waals surface area contributed by atoms with Gasteiger partial charge in [-0.1, -0.05) is 19.9 Å². The Hall–Kier alpha value is -3.10. The lowest BCUT2D eigenvalue weighted by Gasteiger charge is -2.35. The van der Waals surface area contributed by atoms with Gasteiger partial charge >= 0.3 is 5.97 Å². The molecule has 9 heteroatoms. The van der Waals surface area contributed by atoms with Crippen LogP contribution in [-0.2, 0) is 14.3 Å². The van der Waals surface area contributed by atoms with Gasteiger partial charge in [-0.2, -0.15) is 0 Å². The van der Waals surface area contributed by atoms with Gasteiger partial charge in [-0.25, -0.2) is 0 Å². The SMILES string of the molecule is CCOC(=O)C1C(O)=C(N=Nc2ccc(C)cc2[N+](=O)[O-])C(=O)CC1(C)C. The van der Waals surface area contributed by atoms with Crippen LogP contribution in [0.3, 0.4) is 0 Å². The molecule has 0 aromatic heterocycles. The second kappa shape index (κ2) is 7.65. The van der Waals surface area contributed by atoms with Gasteiger partial charge in [-0.05, 0) is 30.9 Å². The molecule has 1 unspecified atom stereocenters. The van der Waals surface area contributed by atoms with E-state index in [1.54, 1.807) is 33.8 Å². The summed E-state index contributed by atoms with van der Waals surface area (Å²) < 4.78 is 4.99. The summed E-state index contributed by atoms with van der Waals surface area (Å²) in [5, 5.41) is 29.2. The summed E-state index contributed by atoms with van der Waals surface area (Å²) >= 11 is 0. The third-order valence-electron chi connectivity index (χ3n) is 4.29. The van der Waals surface area contributed by atoms with Crippen molar-refractivity contribution in [1.82, 2.24) is 0 Å². The average molecular weight is 375 g/mol. The number of hydrogen-bond acceptors (Lipinski definition) is 8. The number of Topliss-reactive ketones (excluding diaryl/α,β-unsaturated/α-hetero) is 1. The maximum atomic E-state index is 12.4. The zero-order valence-electron chi connectivity index (χ0n) is 15.6. The first kappa shape index (κ1) is 20.2. The number of ether oxygens (including phenoxy) is 1. The molecule has 1 N–H and O–H groups in total. The van der Waals surface area contributed by atoms with Crippen LogP contribution in [0, 0.1) is 28.4 Å². The standard InChI is InChI=1S/C18H21N3O6/c1-5-27-17(24)14-16(23)15(13(22)9-18(14,3)4)20-19-11-7-6-10(2)8-12(11)21(25)26/h6-8,14,23H,5,9H2,1-4H3. The van der Waals surface area contributed by atoms with Gasteiger partial charge in [0.2, 0.25) is 0 Å². The van der Waals surface area contributed by atoms with Crippen molar-refractivity contribution in [1.29, 1.82) is 0 Å². The van der Waals surface area contributed by atoms with E-state index in [1.165, 1.54) is 12.1 Å². The molecule has 0 bridgehead atoms. The Balaban J connectivity index is 2.49. The highest BCUT2D eigenvalue weighted by molar-refractivity contribution is 5.99. The van der Waals surface area contributed by atoms with Crippen molar-refractivity contribution in [3.63, 3.8) is 0 Å². The lowest BCUT2D eigenvalue weighted by molar-refractivity contribution is -0.384. The number of azo groups is 1. The van der Waals surface area contributed by atoms with E-state index in [4.69, 9.17) is 4.74 Å². The van der Waals surface area contributed by atoms with Gasteiger partial charge in [-0.15, -0.1) is 10.2 Å². The molecule has 27 heavy (non-hydrogen) atoms. The van der Waals surface area contributed by atoms with Crippen LogP contribution in [0.15, 0.2) is 39.9 Å². The van der Waals surface area contributed by atoms with Crippen LogP contribution in [-0.4, -0.2) is 28.4 Å². The number of hydrogen-bond donors (Lipinski definition) is 1. The maximum Gasteiger partial charge on any atom is 0.317 e. The number of nitro groups is 1. The Bertz CT molecular complexity index is 857. The molecule has 1 aromatic carbocycles. The number of aliphatic hydroxyl groups is 1. The summed E-state index contributed by atoms with van der Waals surface area (Å²) in [6.07, 6.45) is -0.0507. The fourth-order valence-corrected chi connectivity index (χ4v) is 2.98. The molecule has 1 aliphatic carbocycles. The van der Waals surface area contributed by atoms with E-state index in [9.17, 15) is 24.8 Å². The molecule has 0 aliphatic heterocycles.